The van der Waals surface area contributed by atoms with Gasteiger partial charge in [-0.05, 0) is 41.8 Å². The summed E-state index contributed by atoms with van der Waals surface area (Å²) in [5.41, 5.74) is 1.67. The molecule has 1 unspecified atom stereocenters. The van der Waals surface area contributed by atoms with Crippen LogP contribution in [0.5, 0.6) is 11.5 Å². The van der Waals surface area contributed by atoms with Crippen molar-refractivity contribution < 1.29 is 28.8 Å². The second-order valence-corrected chi connectivity index (χ2v) is 8.96. The van der Waals surface area contributed by atoms with E-state index < -0.39 is 6.10 Å². The zero-order chi connectivity index (χ0) is 25.1. The molecule has 0 bridgehead atoms. The van der Waals surface area contributed by atoms with Crippen LogP contribution in [0, 0.1) is 5.82 Å². The molecule has 5 nitrogen and oxygen atoms in total. The van der Waals surface area contributed by atoms with Gasteiger partial charge in [0.25, 0.3) is 0 Å². The van der Waals surface area contributed by atoms with Gasteiger partial charge in [0.15, 0.2) is 11.6 Å². The third-order valence-corrected chi connectivity index (χ3v) is 5.89. The van der Waals surface area contributed by atoms with Crippen LogP contribution in [0.15, 0.2) is 42.5 Å². The monoisotopic (exact) mass is 490 g/mol. The van der Waals surface area contributed by atoms with Crippen LogP contribution in [-0.4, -0.2) is 49.4 Å². The van der Waals surface area contributed by atoms with Gasteiger partial charge in [-0.1, -0.05) is 82.9 Å². The highest BCUT2D eigenvalue weighted by molar-refractivity contribution is 5.65. The summed E-state index contributed by atoms with van der Waals surface area (Å²) in [5.74, 6) is 0.630. The third kappa shape index (κ3) is 12.4. The fourth-order valence-corrected chi connectivity index (χ4v) is 3.80. The zero-order valence-electron chi connectivity index (χ0n) is 21.2. The molecule has 196 valence electrons. The maximum atomic E-state index is 14.5. The Morgan fingerprint density at radius 3 is 2.00 bits per heavy atom. The van der Waals surface area contributed by atoms with E-state index in [4.69, 9.17) is 19.3 Å². The summed E-state index contributed by atoms with van der Waals surface area (Å²) < 4.78 is 31.0. The van der Waals surface area contributed by atoms with Crippen molar-refractivity contribution in [1.82, 2.24) is 0 Å². The van der Waals surface area contributed by atoms with E-state index in [1.807, 2.05) is 30.3 Å². The summed E-state index contributed by atoms with van der Waals surface area (Å²) in [6.07, 6.45) is 11.7. The predicted octanol–water partition coefficient (Wildman–Crippen LogP) is 6.54. The third-order valence-electron chi connectivity index (χ3n) is 5.89. The molecule has 0 aliphatic carbocycles. The topological polar surface area (TPSA) is 68.2 Å². The van der Waals surface area contributed by atoms with Crippen molar-refractivity contribution in [2.75, 3.05) is 33.0 Å². The zero-order valence-corrected chi connectivity index (χ0v) is 21.2. The molecule has 0 radical (unpaired) electrons. The molecule has 0 heterocycles. The Bertz CT molecular complexity index is 796. The summed E-state index contributed by atoms with van der Waals surface area (Å²) in [6, 6.07) is 12.5. The Morgan fingerprint density at radius 2 is 1.37 bits per heavy atom. The Labute approximate surface area is 210 Å². The van der Waals surface area contributed by atoms with Crippen LogP contribution in [0.4, 0.5) is 4.39 Å². The Kier molecular flexibility index (Phi) is 15.1. The first-order valence-corrected chi connectivity index (χ1v) is 13.2. The first-order chi connectivity index (χ1) is 17.1. The van der Waals surface area contributed by atoms with Crippen molar-refractivity contribution in [1.29, 1.82) is 0 Å². The fraction of sp³-hybridized carbons (Fsp3) is 0.586. The van der Waals surface area contributed by atoms with E-state index in [1.165, 1.54) is 57.4 Å². The molecule has 2 aromatic carbocycles. The highest BCUT2D eigenvalue weighted by Gasteiger charge is 2.07. The van der Waals surface area contributed by atoms with E-state index in [9.17, 15) is 9.50 Å². The number of rotatable bonds is 20. The maximum Gasteiger partial charge on any atom is 0.165 e. The number of benzene rings is 2. The summed E-state index contributed by atoms with van der Waals surface area (Å²) in [5, 5.41) is 18.0. The molecule has 0 amide bonds. The Hall–Kier alpha value is -2.15. The number of hydrogen-bond donors (Lipinski definition) is 2. The molecular formula is C29H43FO5. The predicted molar refractivity (Wildman–Crippen MR) is 139 cm³/mol. The van der Waals surface area contributed by atoms with Crippen LogP contribution in [0.1, 0.15) is 71.1 Å². The van der Waals surface area contributed by atoms with E-state index in [-0.39, 0.29) is 19.0 Å². The Morgan fingerprint density at radius 1 is 0.743 bits per heavy atom. The quantitative estimate of drug-likeness (QED) is 0.206. The number of ether oxygens (including phenoxy) is 3. The van der Waals surface area contributed by atoms with Crippen molar-refractivity contribution in [2.45, 2.75) is 77.2 Å². The fourth-order valence-electron chi connectivity index (χ4n) is 3.80. The summed E-state index contributed by atoms with van der Waals surface area (Å²) >= 11 is 0. The van der Waals surface area contributed by atoms with Crippen molar-refractivity contribution in [3.8, 4) is 22.6 Å². The van der Waals surface area contributed by atoms with Gasteiger partial charge in [-0.15, -0.1) is 0 Å². The van der Waals surface area contributed by atoms with Crippen LogP contribution in [-0.2, 0) is 4.74 Å². The largest absolute Gasteiger partial charge is 0.491 e. The molecule has 35 heavy (non-hydrogen) atoms. The second-order valence-electron chi connectivity index (χ2n) is 8.96. The molecule has 1 atom stereocenters. The van der Waals surface area contributed by atoms with Crippen molar-refractivity contribution in [3.63, 3.8) is 0 Å². The van der Waals surface area contributed by atoms with Gasteiger partial charge in [0.1, 0.15) is 18.5 Å². The molecule has 0 spiro atoms. The molecule has 2 N–H and O–H groups in total. The van der Waals surface area contributed by atoms with Gasteiger partial charge < -0.3 is 24.4 Å². The Balaban J connectivity index is 1.64. The van der Waals surface area contributed by atoms with E-state index in [0.717, 1.165) is 24.0 Å². The van der Waals surface area contributed by atoms with Crippen molar-refractivity contribution in [2.24, 2.45) is 0 Å². The van der Waals surface area contributed by atoms with Gasteiger partial charge >= 0.3 is 0 Å². The lowest BCUT2D eigenvalue weighted by molar-refractivity contribution is -0.00138. The minimum Gasteiger partial charge on any atom is -0.491 e. The molecule has 0 aliphatic rings. The number of halogens is 1. The van der Waals surface area contributed by atoms with Gasteiger partial charge in [-0.3, -0.25) is 0 Å². The highest BCUT2D eigenvalue weighted by Crippen LogP contribution is 2.27. The van der Waals surface area contributed by atoms with Gasteiger partial charge in [-0.2, -0.15) is 0 Å². The first-order valence-electron chi connectivity index (χ1n) is 13.2. The first kappa shape index (κ1) is 29.1. The van der Waals surface area contributed by atoms with Crippen LogP contribution >= 0.6 is 0 Å². The van der Waals surface area contributed by atoms with Crippen molar-refractivity contribution in [3.05, 3.63) is 48.3 Å². The average molecular weight is 491 g/mol. The molecule has 2 rings (SSSR count). The van der Waals surface area contributed by atoms with Crippen LogP contribution in [0.25, 0.3) is 11.1 Å². The van der Waals surface area contributed by atoms with Gasteiger partial charge in [0.2, 0.25) is 0 Å². The van der Waals surface area contributed by atoms with Crippen LogP contribution < -0.4 is 9.47 Å². The molecule has 0 fully saturated rings. The van der Waals surface area contributed by atoms with Gasteiger partial charge in [0, 0.05) is 0 Å². The van der Waals surface area contributed by atoms with E-state index in [2.05, 4.69) is 6.92 Å². The van der Waals surface area contributed by atoms with Crippen molar-refractivity contribution >= 4 is 0 Å². The lowest BCUT2D eigenvalue weighted by Crippen LogP contribution is -2.21. The summed E-state index contributed by atoms with van der Waals surface area (Å²) in [7, 11) is 0. The number of unbranched alkanes of at least 4 members (excludes halogenated alkanes) is 9. The van der Waals surface area contributed by atoms with Gasteiger partial charge in [-0.25, -0.2) is 4.39 Å². The molecule has 0 saturated heterocycles. The molecule has 0 aliphatic heterocycles. The normalized spacial score (nSPS) is 12.0. The number of aliphatic hydroxyl groups excluding tert-OH is 2. The lowest BCUT2D eigenvalue weighted by atomic mass is 10.1. The second kappa shape index (κ2) is 18.2. The van der Waals surface area contributed by atoms with E-state index in [0.29, 0.717) is 31.3 Å². The van der Waals surface area contributed by atoms with Gasteiger partial charge in [0.05, 0.1) is 26.4 Å². The van der Waals surface area contributed by atoms with Crippen LogP contribution in [0.3, 0.4) is 0 Å². The minimum atomic E-state index is -0.869. The maximum absolute atomic E-state index is 14.5. The smallest absolute Gasteiger partial charge is 0.165 e. The molecule has 0 aromatic heterocycles. The van der Waals surface area contributed by atoms with Crippen LogP contribution in [0.2, 0.25) is 0 Å². The molecule has 6 heteroatoms. The lowest BCUT2D eigenvalue weighted by Gasteiger charge is -2.11. The molecular weight excluding hydrogens is 447 g/mol. The van der Waals surface area contributed by atoms with E-state index in [1.54, 1.807) is 6.07 Å². The SMILES string of the molecule is CCCCCCCCCCCCOc1ccc(-c2ccc(OCCOCC(O)CO)cc2)cc1F. The number of hydrogen-bond acceptors (Lipinski definition) is 5. The minimum absolute atomic E-state index is 0.0727. The highest BCUT2D eigenvalue weighted by atomic mass is 19.1. The average Bonchev–Trinajstić information content (AvgIpc) is 2.88. The summed E-state index contributed by atoms with van der Waals surface area (Å²) in [6.45, 7) is 3.18. The molecule has 0 saturated carbocycles. The standard InChI is InChI=1S/C29H43FO5/c1-2-3-4-5-6-7-8-9-10-11-18-35-29-17-14-25(21-28(29)30)24-12-15-27(16-13-24)34-20-19-33-23-26(32)22-31/h12-17,21,26,31-32H,2-11,18-20,22-23H2,1H3. The molecule has 2 aromatic rings. The van der Waals surface area contributed by atoms with E-state index >= 15 is 0 Å². The number of aliphatic hydroxyl groups is 2. The summed E-state index contributed by atoms with van der Waals surface area (Å²) in [4.78, 5) is 0.